The Morgan fingerprint density at radius 1 is 1.17 bits per heavy atom. The molecular formula is C9H9F7O2. The first-order valence-corrected chi connectivity index (χ1v) is 4.55. The van der Waals surface area contributed by atoms with E-state index in [0.29, 0.717) is 0 Å². The second-order valence-corrected chi connectivity index (χ2v) is 3.49. The molecule has 0 aromatic carbocycles. The van der Waals surface area contributed by atoms with Crippen molar-refractivity contribution < 1.29 is 40.6 Å². The van der Waals surface area contributed by atoms with Gasteiger partial charge in [-0.05, 0) is 6.42 Å². The van der Waals surface area contributed by atoms with E-state index < -0.39 is 41.9 Å². The molecule has 0 saturated carbocycles. The summed E-state index contributed by atoms with van der Waals surface area (Å²) in [4.78, 5) is 10.4. The van der Waals surface area contributed by atoms with Crippen LogP contribution in [0.2, 0.25) is 0 Å². The Hall–Kier alpha value is -1.28. The van der Waals surface area contributed by atoms with E-state index in [2.05, 4.69) is 6.58 Å². The van der Waals surface area contributed by atoms with Crippen LogP contribution in [0.4, 0.5) is 30.7 Å². The summed E-state index contributed by atoms with van der Waals surface area (Å²) in [5.74, 6) is -16.8. The third kappa shape index (κ3) is 2.59. The summed E-state index contributed by atoms with van der Waals surface area (Å²) >= 11 is 0. The topological polar surface area (TPSA) is 37.3 Å². The predicted molar refractivity (Wildman–Crippen MR) is 46.5 cm³/mol. The third-order valence-corrected chi connectivity index (χ3v) is 2.32. The minimum Gasteiger partial charge on any atom is -0.478 e. The minimum absolute atomic E-state index is 0.860. The molecule has 0 aromatic heterocycles. The SMILES string of the molecule is C=C(C(=O)O)C(CC)C(F)(F)C(F)(F)C(F)(F)F. The molecule has 0 heterocycles. The van der Waals surface area contributed by atoms with Crippen molar-refractivity contribution in [1.82, 2.24) is 0 Å². The van der Waals surface area contributed by atoms with Crippen LogP contribution in [0.1, 0.15) is 13.3 Å². The van der Waals surface area contributed by atoms with E-state index in [-0.39, 0.29) is 0 Å². The van der Waals surface area contributed by atoms with Gasteiger partial charge in [0.1, 0.15) is 0 Å². The van der Waals surface area contributed by atoms with Crippen molar-refractivity contribution in [2.75, 3.05) is 0 Å². The number of carboxylic acids is 1. The van der Waals surface area contributed by atoms with Crippen LogP contribution in [-0.2, 0) is 4.79 Å². The van der Waals surface area contributed by atoms with Gasteiger partial charge in [0.25, 0.3) is 0 Å². The molecule has 106 valence electrons. The second kappa shape index (κ2) is 4.77. The van der Waals surface area contributed by atoms with Crippen LogP contribution in [0.25, 0.3) is 0 Å². The van der Waals surface area contributed by atoms with Gasteiger partial charge >= 0.3 is 24.0 Å². The van der Waals surface area contributed by atoms with Crippen molar-refractivity contribution in [3.8, 4) is 0 Å². The number of carboxylic acid groups (broad SMARTS) is 1. The monoisotopic (exact) mass is 282 g/mol. The van der Waals surface area contributed by atoms with Crippen molar-refractivity contribution in [3.05, 3.63) is 12.2 Å². The van der Waals surface area contributed by atoms with Crippen LogP contribution in [0.3, 0.4) is 0 Å². The molecule has 1 N–H and O–H groups in total. The van der Waals surface area contributed by atoms with Gasteiger partial charge in [0, 0.05) is 5.57 Å². The molecule has 0 aliphatic heterocycles. The summed E-state index contributed by atoms with van der Waals surface area (Å²) in [7, 11) is 0. The summed E-state index contributed by atoms with van der Waals surface area (Å²) < 4.78 is 87.3. The highest BCUT2D eigenvalue weighted by molar-refractivity contribution is 5.86. The number of aliphatic carboxylic acids is 1. The highest BCUT2D eigenvalue weighted by Gasteiger charge is 2.75. The zero-order valence-corrected chi connectivity index (χ0v) is 8.99. The Balaban J connectivity index is 5.60. The van der Waals surface area contributed by atoms with Gasteiger partial charge in [0.2, 0.25) is 0 Å². The van der Waals surface area contributed by atoms with Crippen molar-refractivity contribution >= 4 is 5.97 Å². The van der Waals surface area contributed by atoms with Crippen LogP contribution in [0.15, 0.2) is 12.2 Å². The molecule has 0 spiro atoms. The summed E-state index contributed by atoms with van der Waals surface area (Å²) in [6, 6.07) is 0. The van der Waals surface area contributed by atoms with Crippen molar-refractivity contribution in [3.63, 3.8) is 0 Å². The van der Waals surface area contributed by atoms with Gasteiger partial charge in [-0.1, -0.05) is 13.5 Å². The number of alkyl halides is 7. The smallest absolute Gasteiger partial charge is 0.459 e. The van der Waals surface area contributed by atoms with Gasteiger partial charge < -0.3 is 5.11 Å². The maximum Gasteiger partial charge on any atom is 0.459 e. The lowest BCUT2D eigenvalue weighted by molar-refractivity contribution is -0.363. The van der Waals surface area contributed by atoms with E-state index in [1.54, 1.807) is 0 Å². The maximum absolute atomic E-state index is 13.2. The van der Waals surface area contributed by atoms with Gasteiger partial charge in [-0.3, -0.25) is 0 Å². The summed E-state index contributed by atoms with van der Waals surface area (Å²) in [6.07, 6.45) is -7.41. The molecule has 0 aromatic rings. The summed E-state index contributed by atoms with van der Waals surface area (Å²) in [5, 5.41) is 8.36. The van der Waals surface area contributed by atoms with Gasteiger partial charge in [0.15, 0.2) is 0 Å². The third-order valence-electron chi connectivity index (χ3n) is 2.32. The van der Waals surface area contributed by atoms with Crippen LogP contribution in [0, 0.1) is 5.92 Å². The average Bonchev–Trinajstić information content (AvgIpc) is 2.15. The fourth-order valence-electron chi connectivity index (χ4n) is 1.28. The molecule has 0 fully saturated rings. The maximum atomic E-state index is 13.2. The number of rotatable bonds is 5. The number of halogens is 7. The quantitative estimate of drug-likeness (QED) is 0.619. The first kappa shape index (κ1) is 16.7. The van der Waals surface area contributed by atoms with Crippen LogP contribution >= 0.6 is 0 Å². The van der Waals surface area contributed by atoms with Gasteiger partial charge in [0.05, 0.1) is 5.92 Å². The standard InChI is InChI=1S/C9H9F7O2/c1-3-5(4(2)6(17)18)7(10,11)8(12,13)9(14,15)16/h5H,2-3H2,1H3,(H,17,18). The molecular weight excluding hydrogens is 273 g/mol. The Bertz CT molecular complexity index is 345. The minimum atomic E-state index is -6.48. The Morgan fingerprint density at radius 2 is 1.56 bits per heavy atom. The highest BCUT2D eigenvalue weighted by atomic mass is 19.4. The number of carbonyl (C=O) groups is 1. The summed E-state index contributed by atoms with van der Waals surface area (Å²) in [5.41, 5.74) is -1.40. The van der Waals surface area contributed by atoms with E-state index in [0.717, 1.165) is 6.92 Å². The molecule has 9 heteroatoms. The molecule has 0 aliphatic rings. The van der Waals surface area contributed by atoms with Crippen LogP contribution in [-0.4, -0.2) is 29.1 Å². The molecule has 18 heavy (non-hydrogen) atoms. The Morgan fingerprint density at radius 3 is 1.78 bits per heavy atom. The lowest BCUT2D eigenvalue weighted by atomic mass is 9.87. The number of hydrogen-bond acceptors (Lipinski definition) is 1. The molecule has 0 aliphatic carbocycles. The van der Waals surface area contributed by atoms with E-state index in [9.17, 15) is 35.5 Å². The van der Waals surface area contributed by atoms with Crippen molar-refractivity contribution in [1.29, 1.82) is 0 Å². The molecule has 0 amide bonds. The molecule has 1 unspecified atom stereocenters. The van der Waals surface area contributed by atoms with E-state index in [1.807, 2.05) is 0 Å². The van der Waals surface area contributed by atoms with Gasteiger partial charge in [-0.25, -0.2) is 4.79 Å². The molecule has 2 nitrogen and oxygen atoms in total. The largest absolute Gasteiger partial charge is 0.478 e. The molecule has 0 saturated heterocycles. The Labute approximate surface area is 97.1 Å². The zero-order chi connectivity index (χ0) is 14.9. The first-order valence-electron chi connectivity index (χ1n) is 4.55. The van der Waals surface area contributed by atoms with Crippen molar-refractivity contribution in [2.45, 2.75) is 31.4 Å². The molecule has 1 atom stereocenters. The summed E-state index contributed by atoms with van der Waals surface area (Å²) in [6.45, 7) is 3.47. The van der Waals surface area contributed by atoms with E-state index in [4.69, 9.17) is 5.11 Å². The van der Waals surface area contributed by atoms with E-state index in [1.165, 1.54) is 0 Å². The zero-order valence-electron chi connectivity index (χ0n) is 8.99. The number of hydrogen-bond donors (Lipinski definition) is 1. The normalized spacial score (nSPS) is 15.3. The molecule has 0 radical (unpaired) electrons. The van der Waals surface area contributed by atoms with Crippen LogP contribution in [0.5, 0.6) is 0 Å². The predicted octanol–water partition coefficient (Wildman–Crippen LogP) is 3.49. The lowest BCUT2D eigenvalue weighted by Gasteiger charge is -2.33. The lowest BCUT2D eigenvalue weighted by Crippen LogP contribution is -2.56. The van der Waals surface area contributed by atoms with Gasteiger partial charge in [-0.2, -0.15) is 30.7 Å². The highest BCUT2D eigenvalue weighted by Crippen LogP contribution is 2.51. The second-order valence-electron chi connectivity index (χ2n) is 3.49. The van der Waals surface area contributed by atoms with Crippen LogP contribution < -0.4 is 0 Å². The van der Waals surface area contributed by atoms with Gasteiger partial charge in [-0.15, -0.1) is 0 Å². The Kier molecular flexibility index (Phi) is 4.43. The fourth-order valence-corrected chi connectivity index (χ4v) is 1.28. The van der Waals surface area contributed by atoms with E-state index >= 15 is 0 Å². The average molecular weight is 282 g/mol. The fraction of sp³-hybridized carbons (Fsp3) is 0.667. The molecule has 0 bridgehead atoms. The first-order chi connectivity index (χ1) is 7.80. The van der Waals surface area contributed by atoms with Crippen molar-refractivity contribution in [2.24, 2.45) is 5.92 Å². The molecule has 0 rings (SSSR count).